The fourth-order valence-electron chi connectivity index (χ4n) is 2.27. The average molecular weight is 362 g/mol. The summed E-state index contributed by atoms with van der Waals surface area (Å²) in [5, 5.41) is 9.73. The molecule has 0 fully saturated rings. The van der Waals surface area contributed by atoms with Gasteiger partial charge in [0.15, 0.2) is 17.5 Å². The van der Waals surface area contributed by atoms with Gasteiger partial charge in [0.1, 0.15) is 0 Å². The van der Waals surface area contributed by atoms with Crippen LogP contribution in [0.2, 0.25) is 0 Å². The Hall–Kier alpha value is -2.28. The summed E-state index contributed by atoms with van der Waals surface area (Å²) in [4.78, 5) is 9.09. The summed E-state index contributed by atoms with van der Waals surface area (Å²) in [6, 6.07) is 5.74. The van der Waals surface area contributed by atoms with Crippen LogP contribution in [0.1, 0.15) is 24.5 Å². The van der Waals surface area contributed by atoms with Crippen LogP contribution < -0.4 is 20.1 Å². The zero-order chi connectivity index (χ0) is 18.1. The van der Waals surface area contributed by atoms with Crippen molar-refractivity contribution in [3.8, 4) is 11.5 Å². The molecule has 1 heterocycles. The maximum absolute atomic E-state index is 5.62. The number of aliphatic imine (C=N–C) groups is 1. The molecule has 7 heteroatoms. The molecule has 0 saturated carbocycles. The lowest BCUT2D eigenvalue weighted by Crippen LogP contribution is -2.30. The van der Waals surface area contributed by atoms with Gasteiger partial charge in [0.2, 0.25) is 0 Å². The van der Waals surface area contributed by atoms with E-state index in [0.717, 1.165) is 35.3 Å². The Bertz CT molecular complexity index is 700. The van der Waals surface area contributed by atoms with Gasteiger partial charge in [-0.2, -0.15) is 0 Å². The van der Waals surface area contributed by atoms with Crippen molar-refractivity contribution in [3.05, 3.63) is 34.3 Å². The van der Waals surface area contributed by atoms with Gasteiger partial charge in [-0.1, -0.05) is 0 Å². The van der Waals surface area contributed by atoms with Crippen LogP contribution in [0, 0.1) is 6.92 Å². The van der Waals surface area contributed by atoms with Crippen molar-refractivity contribution in [2.45, 2.75) is 27.2 Å². The Labute approximate surface area is 153 Å². The van der Waals surface area contributed by atoms with Crippen molar-refractivity contribution >= 4 is 23.0 Å². The maximum atomic E-state index is 5.62. The number of aromatic nitrogens is 1. The van der Waals surface area contributed by atoms with Gasteiger partial charge in [0.25, 0.3) is 0 Å². The van der Waals surface area contributed by atoms with Gasteiger partial charge in [-0.25, -0.2) is 4.98 Å². The fraction of sp³-hybridized carbons (Fsp3) is 0.444. The summed E-state index contributed by atoms with van der Waals surface area (Å²) in [6.45, 7) is 8.05. The summed E-state index contributed by atoms with van der Waals surface area (Å²) in [5.41, 5.74) is 1.98. The monoisotopic (exact) mass is 362 g/mol. The molecule has 0 aliphatic heterocycles. The summed E-state index contributed by atoms with van der Waals surface area (Å²) < 4.78 is 10.9. The number of nitrogens with zero attached hydrogens (tertiary/aromatic N) is 2. The van der Waals surface area contributed by atoms with E-state index in [0.29, 0.717) is 24.7 Å². The summed E-state index contributed by atoms with van der Waals surface area (Å²) in [5.74, 6) is 2.17. The minimum absolute atomic E-state index is 0.584. The van der Waals surface area contributed by atoms with Crippen LogP contribution >= 0.6 is 11.3 Å². The third kappa shape index (κ3) is 5.94. The number of aryl methyl sites for hydroxylation is 1. The molecule has 0 radical (unpaired) electrons. The number of thiazole rings is 1. The molecule has 2 rings (SSSR count). The molecular weight excluding hydrogens is 336 g/mol. The van der Waals surface area contributed by atoms with Gasteiger partial charge < -0.3 is 20.1 Å². The van der Waals surface area contributed by atoms with Crippen molar-refractivity contribution < 1.29 is 9.47 Å². The molecule has 6 nitrogen and oxygen atoms in total. The summed E-state index contributed by atoms with van der Waals surface area (Å²) >= 11 is 1.67. The Kier molecular flexibility index (Phi) is 7.53. The molecule has 25 heavy (non-hydrogen) atoms. The van der Waals surface area contributed by atoms with Crippen LogP contribution in [-0.2, 0) is 6.42 Å². The van der Waals surface area contributed by atoms with Gasteiger partial charge in [-0.15, -0.1) is 11.3 Å². The van der Waals surface area contributed by atoms with E-state index in [4.69, 9.17) is 9.47 Å². The van der Waals surface area contributed by atoms with E-state index in [1.807, 2.05) is 39.0 Å². The first kappa shape index (κ1) is 19.1. The number of anilines is 1. The number of rotatable bonds is 8. The average Bonchev–Trinajstić information content (AvgIpc) is 3.01. The standard InChI is InChI=1S/C18H26N4O2S/c1-5-19-18(20-10-9-15-12-25-13(3)21-15)22-14-7-8-16(23-4)17(11-14)24-6-2/h7-8,11-12H,5-6,9-10H2,1-4H3,(H2,19,20,22). The molecule has 0 saturated heterocycles. The number of hydrogen-bond donors (Lipinski definition) is 2. The van der Waals surface area contributed by atoms with Gasteiger partial charge in [0.05, 0.1) is 24.4 Å². The minimum atomic E-state index is 0.584. The number of guanidine groups is 1. The highest BCUT2D eigenvalue weighted by Gasteiger charge is 2.07. The predicted molar refractivity (Wildman–Crippen MR) is 104 cm³/mol. The molecule has 0 unspecified atom stereocenters. The topological polar surface area (TPSA) is 67.8 Å². The number of methoxy groups -OCH3 is 1. The third-order valence-corrected chi connectivity index (χ3v) is 4.20. The molecular formula is C18H26N4O2S. The number of benzene rings is 1. The second-order valence-corrected chi connectivity index (χ2v) is 6.35. The van der Waals surface area contributed by atoms with E-state index < -0.39 is 0 Å². The highest BCUT2D eigenvalue weighted by atomic mass is 32.1. The van der Waals surface area contributed by atoms with Gasteiger partial charge >= 0.3 is 0 Å². The van der Waals surface area contributed by atoms with E-state index in [2.05, 4.69) is 26.0 Å². The second-order valence-electron chi connectivity index (χ2n) is 5.29. The highest BCUT2D eigenvalue weighted by Crippen LogP contribution is 2.30. The van der Waals surface area contributed by atoms with Crippen LogP contribution in [-0.4, -0.2) is 37.7 Å². The van der Waals surface area contributed by atoms with Crippen molar-refractivity contribution in [1.82, 2.24) is 10.3 Å². The van der Waals surface area contributed by atoms with E-state index in [9.17, 15) is 0 Å². The van der Waals surface area contributed by atoms with Crippen molar-refractivity contribution in [2.75, 3.05) is 32.1 Å². The molecule has 2 aromatic rings. The SMILES string of the molecule is CCNC(=NCCc1csc(C)n1)Nc1ccc(OC)c(OCC)c1. The van der Waals surface area contributed by atoms with Crippen molar-refractivity contribution in [1.29, 1.82) is 0 Å². The van der Waals surface area contributed by atoms with Crippen LogP contribution in [0.25, 0.3) is 0 Å². The lowest BCUT2D eigenvalue weighted by Gasteiger charge is -2.14. The fourth-order valence-corrected chi connectivity index (χ4v) is 2.92. The molecule has 1 aromatic carbocycles. The summed E-state index contributed by atoms with van der Waals surface area (Å²) in [7, 11) is 1.64. The smallest absolute Gasteiger partial charge is 0.195 e. The van der Waals surface area contributed by atoms with E-state index in [1.165, 1.54) is 0 Å². The van der Waals surface area contributed by atoms with Crippen LogP contribution in [0.5, 0.6) is 11.5 Å². The Morgan fingerprint density at radius 2 is 2.12 bits per heavy atom. The normalized spacial score (nSPS) is 11.3. The first-order valence-corrected chi connectivity index (χ1v) is 9.31. The lowest BCUT2D eigenvalue weighted by molar-refractivity contribution is 0.311. The van der Waals surface area contributed by atoms with E-state index in [-0.39, 0.29) is 0 Å². The zero-order valence-electron chi connectivity index (χ0n) is 15.3. The van der Waals surface area contributed by atoms with Crippen molar-refractivity contribution in [2.24, 2.45) is 4.99 Å². The Morgan fingerprint density at radius 3 is 2.76 bits per heavy atom. The van der Waals surface area contributed by atoms with E-state index in [1.54, 1.807) is 18.4 Å². The third-order valence-electron chi connectivity index (χ3n) is 3.37. The Balaban J connectivity index is 2.04. The van der Waals surface area contributed by atoms with Crippen LogP contribution in [0.3, 0.4) is 0 Å². The predicted octanol–water partition coefficient (Wildman–Crippen LogP) is 3.48. The Morgan fingerprint density at radius 1 is 1.28 bits per heavy atom. The number of ether oxygens (including phenoxy) is 2. The maximum Gasteiger partial charge on any atom is 0.195 e. The molecule has 0 amide bonds. The minimum Gasteiger partial charge on any atom is -0.493 e. The molecule has 0 atom stereocenters. The molecule has 2 N–H and O–H groups in total. The molecule has 0 spiro atoms. The molecule has 0 aliphatic rings. The van der Waals surface area contributed by atoms with E-state index >= 15 is 0 Å². The van der Waals surface area contributed by atoms with Gasteiger partial charge in [-0.3, -0.25) is 4.99 Å². The largest absolute Gasteiger partial charge is 0.493 e. The quantitative estimate of drug-likeness (QED) is 0.556. The first-order chi connectivity index (χ1) is 12.2. The molecule has 0 bridgehead atoms. The zero-order valence-corrected chi connectivity index (χ0v) is 16.1. The second kappa shape index (κ2) is 9.88. The van der Waals surface area contributed by atoms with Crippen LogP contribution in [0.15, 0.2) is 28.6 Å². The van der Waals surface area contributed by atoms with Gasteiger partial charge in [0, 0.05) is 36.6 Å². The summed E-state index contributed by atoms with van der Waals surface area (Å²) in [6.07, 6.45) is 0.827. The highest BCUT2D eigenvalue weighted by molar-refractivity contribution is 7.09. The van der Waals surface area contributed by atoms with Gasteiger partial charge in [-0.05, 0) is 32.9 Å². The van der Waals surface area contributed by atoms with Crippen LogP contribution in [0.4, 0.5) is 5.69 Å². The first-order valence-electron chi connectivity index (χ1n) is 8.43. The number of hydrogen-bond acceptors (Lipinski definition) is 5. The number of nitrogens with one attached hydrogen (secondary N) is 2. The molecule has 136 valence electrons. The van der Waals surface area contributed by atoms with Crippen molar-refractivity contribution in [3.63, 3.8) is 0 Å². The lowest BCUT2D eigenvalue weighted by atomic mass is 10.2. The molecule has 0 aliphatic carbocycles. The molecule has 1 aromatic heterocycles.